The maximum Gasteiger partial charge on any atom is 0.189 e. The maximum absolute atomic E-state index is 12.4. The van der Waals surface area contributed by atoms with Gasteiger partial charge in [0.15, 0.2) is 11.7 Å². The fraction of sp³-hybridized carbons (Fsp3) is 0.133. The normalized spacial score (nSPS) is 11.4. The minimum Gasteiger partial charge on any atom is -0.496 e. The minimum absolute atomic E-state index is 0.307. The summed E-state index contributed by atoms with van der Waals surface area (Å²) in [7, 11) is 1.49. The van der Waals surface area contributed by atoms with Crippen molar-refractivity contribution in [1.82, 2.24) is 4.98 Å². The lowest BCUT2D eigenvalue weighted by molar-refractivity contribution is 0.0974. The van der Waals surface area contributed by atoms with E-state index >= 15 is 0 Å². The molecule has 4 heteroatoms. The van der Waals surface area contributed by atoms with Gasteiger partial charge in [-0.3, -0.25) is 9.78 Å². The number of ether oxygens (including phenoxy) is 1. The lowest BCUT2D eigenvalue weighted by atomic mass is 9.95. The Morgan fingerprint density at radius 1 is 1.26 bits per heavy atom. The van der Waals surface area contributed by atoms with Crippen molar-refractivity contribution in [3.05, 3.63) is 59.9 Å². The highest BCUT2D eigenvalue weighted by Crippen LogP contribution is 2.25. The van der Waals surface area contributed by atoms with Crippen LogP contribution in [0.15, 0.2) is 48.7 Å². The molecule has 0 spiro atoms. The van der Waals surface area contributed by atoms with Crippen molar-refractivity contribution in [2.45, 2.75) is 5.92 Å². The van der Waals surface area contributed by atoms with Gasteiger partial charge in [-0.25, -0.2) is 0 Å². The summed E-state index contributed by atoms with van der Waals surface area (Å²) in [5.41, 5.74) is 0.836. The molecule has 0 saturated heterocycles. The van der Waals surface area contributed by atoms with Gasteiger partial charge in [0.1, 0.15) is 5.75 Å². The van der Waals surface area contributed by atoms with E-state index in [9.17, 15) is 10.1 Å². The van der Waals surface area contributed by atoms with Gasteiger partial charge in [-0.2, -0.15) is 5.26 Å². The number of para-hydroxylation sites is 1. The third-order valence-electron chi connectivity index (χ3n) is 2.75. The van der Waals surface area contributed by atoms with Crippen LogP contribution >= 0.6 is 0 Å². The van der Waals surface area contributed by atoms with Gasteiger partial charge in [-0.1, -0.05) is 18.2 Å². The SMILES string of the molecule is COc1ccccc1C(=O)[C@@H](C#N)c1ccccn1. The molecule has 2 rings (SSSR count). The average Bonchev–Trinajstić information content (AvgIpc) is 2.49. The molecule has 0 radical (unpaired) electrons. The zero-order valence-electron chi connectivity index (χ0n) is 10.4. The summed E-state index contributed by atoms with van der Waals surface area (Å²) in [5, 5.41) is 9.22. The van der Waals surface area contributed by atoms with E-state index in [0.717, 1.165) is 0 Å². The van der Waals surface area contributed by atoms with Gasteiger partial charge in [-0.05, 0) is 24.3 Å². The molecule has 1 aromatic heterocycles. The molecule has 0 aliphatic rings. The predicted molar refractivity (Wildman–Crippen MR) is 69.9 cm³/mol. The highest BCUT2D eigenvalue weighted by Gasteiger charge is 2.25. The van der Waals surface area contributed by atoms with Gasteiger partial charge in [0, 0.05) is 6.20 Å². The fourth-order valence-corrected chi connectivity index (χ4v) is 1.81. The Balaban J connectivity index is 2.40. The lowest BCUT2D eigenvalue weighted by Gasteiger charge is -2.10. The highest BCUT2D eigenvalue weighted by atomic mass is 16.5. The smallest absolute Gasteiger partial charge is 0.189 e. The number of rotatable bonds is 4. The molecular weight excluding hydrogens is 240 g/mol. The summed E-state index contributed by atoms with van der Waals surface area (Å²) in [6.45, 7) is 0. The third-order valence-corrected chi connectivity index (χ3v) is 2.75. The van der Waals surface area contributed by atoms with Crippen LogP contribution in [0.3, 0.4) is 0 Å². The van der Waals surface area contributed by atoms with Crippen molar-refractivity contribution in [1.29, 1.82) is 5.26 Å². The zero-order chi connectivity index (χ0) is 13.7. The molecule has 0 unspecified atom stereocenters. The molecule has 1 atom stereocenters. The first-order valence-corrected chi connectivity index (χ1v) is 5.75. The fourth-order valence-electron chi connectivity index (χ4n) is 1.81. The van der Waals surface area contributed by atoms with Crippen molar-refractivity contribution in [3.8, 4) is 11.8 Å². The van der Waals surface area contributed by atoms with E-state index < -0.39 is 5.92 Å². The largest absolute Gasteiger partial charge is 0.496 e. The Kier molecular flexibility index (Phi) is 3.89. The minimum atomic E-state index is -0.919. The van der Waals surface area contributed by atoms with Crippen LogP contribution in [-0.4, -0.2) is 17.9 Å². The molecule has 0 N–H and O–H groups in total. The number of pyridine rings is 1. The van der Waals surface area contributed by atoms with Gasteiger partial charge in [0.05, 0.1) is 24.4 Å². The number of hydrogen-bond acceptors (Lipinski definition) is 4. The molecule has 2 aromatic rings. The van der Waals surface area contributed by atoms with Gasteiger partial charge in [0.2, 0.25) is 0 Å². The number of methoxy groups -OCH3 is 1. The highest BCUT2D eigenvalue weighted by molar-refractivity contribution is 6.04. The maximum atomic E-state index is 12.4. The molecule has 4 nitrogen and oxygen atoms in total. The molecule has 0 aliphatic heterocycles. The summed E-state index contributed by atoms with van der Waals surface area (Å²) in [5.74, 6) is -0.764. The van der Waals surface area contributed by atoms with Crippen molar-refractivity contribution >= 4 is 5.78 Å². The second-order valence-corrected chi connectivity index (χ2v) is 3.88. The summed E-state index contributed by atoms with van der Waals surface area (Å²) in [6.07, 6.45) is 1.56. The molecule has 0 fully saturated rings. The van der Waals surface area contributed by atoms with E-state index in [2.05, 4.69) is 4.98 Å². The lowest BCUT2D eigenvalue weighted by Crippen LogP contribution is -2.13. The number of carbonyl (C=O) groups is 1. The molecule has 0 saturated carbocycles. The summed E-state index contributed by atoms with van der Waals surface area (Å²) in [6, 6.07) is 14.0. The van der Waals surface area contributed by atoms with E-state index in [1.165, 1.54) is 7.11 Å². The van der Waals surface area contributed by atoms with E-state index in [1.807, 2.05) is 6.07 Å². The topological polar surface area (TPSA) is 63.0 Å². The Morgan fingerprint density at radius 3 is 2.63 bits per heavy atom. The first kappa shape index (κ1) is 12.8. The summed E-state index contributed by atoms with van der Waals surface area (Å²) >= 11 is 0. The van der Waals surface area contributed by atoms with E-state index in [-0.39, 0.29) is 5.78 Å². The summed E-state index contributed by atoms with van der Waals surface area (Å²) in [4.78, 5) is 16.5. The van der Waals surface area contributed by atoms with Crippen LogP contribution in [0.4, 0.5) is 0 Å². The molecule has 94 valence electrons. The number of carbonyl (C=O) groups excluding carboxylic acids is 1. The van der Waals surface area contributed by atoms with Gasteiger partial charge in [-0.15, -0.1) is 0 Å². The van der Waals surface area contributed by atoms with Crippen molar-refractivity contribution in [2.75, 3.05) is 7.11 Å². The molecule has 0 bridgehead atoms. The average molecular weight is 252 g/mol. The molecule has 0 amide bonds. The first-order valence-electron chi connectivity index (χ1n) is 5.75. The molecule has 1 aromatic carbocycles. The number of benzene rings is 1. The van der Waals surface area contributed by atoms with Crippen LogP contribution in [0, 0.1) is 11.3 Å². The Bertz CT molecular complexity index is 618. The standard InChI is InChI=1S/C15H12N2O2/c1-19-14-8-3-2-6-11(14)15(18)12(10-16)13-7-4-5-9-17-13/h2-9,12H,1H3/t12-/m0/s1. The van der Waals surface area contributed by atoms with Crippen molar-refractivity contribution in [2.24, 2.45) is 0 Å². The van der Waals surface area contributed by atoms with Gasteiger partial charge in [0.25, 0.3) is 0 Å². The monoisotopic (exact) mass is 252 g/mol. The van der Waals surface area contributed by atoms with Crippen LogP contribution in [0.1, 0.15) is 22.0 Å². The van der Waals surface area contributed by atoms with E-state index in [0.29, 0.717) is 17.0 Å². The number of Topliss-reactive ketones (excluding diaryl/α,β-unsaturated/α-hetero) is 1. The van der Waals surface area contributed by atoms with Crippen molar-refractivity contribution < 1.29 is 9.53 Å². The van der Waals surface area contributed by atoms with Crippen LogP contribution in [0.2, 0.25) is 0 Å². The van der Waals surface area contributed by atoms with Crippen LogP contribution in [-0.2, 0) is 0 Å². The molecule has 19 heavy (non-hydrogen) atoms. The zero-order valence-corrected chi connectivity index (χ0v) is 10.4. The van der Waals surface area contributed by atoms with Crippen LogP contribution in [0.5, 0.6) is 5.75 Å². The van der Waals surface area contributed by atoms with Crippen LogP contribution < -0.4 is 4.74 Å². The number of hydrogen-bond donors (Lipinski definition) is 0. The van der Waals surface area contributed by atoms with E-state index in [4.69, 9.17) is 4.74 Å². The molecule has 0 aliphatic carbocycles. The second-order valence-electron chi connectivity index (χ2n) is 3.88. The Labute approximate surface area is 111 Å². The third kappa shape index (κ3) is 2.61. The number of ketones is 1. The number of aromatic nitrogens is 1. The predicted octanol–water partition coefficient (Wildman–Crippen LogP) is 2.58. The van der Waals surface area contributed by atoms with Gasteiger partial charge >= 0.3 is 0 Å². The number of nitrogens with zero attached hydrogens (tertiary/aromatic N) is 2. The summed E-state index contributed by atoms with van der Waals surface area (Å²) < 4.78 is 5.15. The second kappa shape index (κ2) is 5.78. The quantitative estimate of drug-likeness (QED) is 0.784. The van der Waals surface area contributed by atoms with E-state index in [1.54, 1.807) is 48.7 Å². The number of nitriles is 1. The Hall–Kier alpha value is -2.67. The Morgan fingerprint density at radius 2 is 2.00 bits per heavy atom. The van der Waals surface area contributed by atoms with Gasteiger partial charge < -0.3 is 4.74 Å². The molecular formula is C15H12N2O2. The van der Waals surface area contributed by atoms with Crippen molar-refractivity contribution in [3.63, 3.8) is 0 Å². The molecule has 1 heterocycles. The first-order chi connectivity index (χ1) is 9.27. The van der Waals surface area contributed by atoms with Crippen LogP contribution in [0.25, 0.3) is 0 Å².